The molecule has 0 aromatic carbocycles. The van der Waals surface area contributed by atoms with Gasteiger partial charge in [-0.05, 0) is 18.8 Å². The molecular formula is C7H8O3. The van der Waals surface area contributed by atoms with Crippen LogP contribution < -0.4 is 0 Å². The first-order valence-corrected chi connectivity index (χ1v) is 3.44. The molecule has 1 N–H and O–H groups in total. The van der Waals surface area contributed by atoms with Crippen molar-refractivity contribution < 1.29 is 14.7 Å². The molecule has 0 amide bonds. The SMILES string of the molecule is O=C(O)[C@@]12C[C@@H]1CCC2=O. The molecule has 2 atom stereocenters. The number of Topliss-reactive ketones (excluding diaryl/α,β-unsaturated/α-hetero) is 1. The first-order valence-electron chi connectivity index (χ1n) is 3.44. The largest absolute Gasteiger partial charge is 0.480 e. The summed E-state index contributed by atoms with van der Waals surface area (Å²) >= 11 is 0. The zero-order valence-corrected chi connectivity index (χ0v) is 5.46. The number of hydrogen-bond donors (Lipinski definition) is 1. The third kappa shape index (κ3) is 0.426. The Bertz CT molecular complexity index is 221. The average molecular weight is 140 g/mol. The molecule has 54 valence electrons. The molecule has 0 unspecified atom stereocenters. The van der Waals surface area contributed by atoms with Crippen molar-refractivity contribution in [3.05, 3.63) is 0 Å². The zero-order chi connectivity index (χ0) is 7.35. The van der Waals surface area contributed by atoms with Gasteiger partial charge in [0.25, 0.3) is 0 Å². The lowest BCUT2D eigenvalue weighted by atomic mass is 10.0. The van der Waals surface area contributed by atoms with Gasteiger partial charge in [-0.3, -0.25) is 9.59 Å². The maximum atomic E-state index is 11.0. The van der Waals surface area contributed by atoms with Crippen molar-refractivity contribution >= 4 is 11.8 Å². The van der Waals surface area contributed by atoms with Crippen LogP contribution in [0.25, 0.3) is 0 Å². The lowest BCUT2D eigenvalue weighted by Gasteiger charge is -2.00. The van der Waals surface area contributed by atoms with E-state index in [9.17, 15) is 9.59 Å². The minimum Gasteiger partial charge on any atom is -0.480 e. The van der Waals surface area contributed by atoms with Crippen LogP contribution in [-0.4, -0.2) is 16.9 Å². The Morgan fingerprint density at radius 2 is 2.40 bits per heavy atom. The number of carboxylic acid groups (broad SMARTS) is 1. The van der Waals surface area contributed by atoms with Gasteiger partial charge in [0, 0.05) is 6.42 Å². The van der Waals surface area contributed by atoms with Crippen molar-refractivity contribution in [2.75, 3.05) is 0 Å². The molecule has 2 aliphatic carbocycles. The molecule has 2 saturated carbocycles. The lowest BCUT2D eigenvalue weighted by Crippen LogP contribution is -2.22. The van der Waals surface area contributed by atoms with Crippen LogP contribution in [0.15, 0.2) is 0 Å². The van der Waals surface area contributed by atoms with E-state index in [0.29, 0.717) is 12.8 Å². The number of carbonyl (C=O) groups excluding carboxylic acids is 1. The summed E-state index contributed by atoms with van der Waals surface area (Å²) in [6.07, 6.45) is 1.88. The van der Waals surface area contributed by atoms with E-state index in [0.717, 1.165) is 6.42 Å². The molecule has 3 nitrogen and oxygen atoms in total. The van der Waals surface area contributed by atoms with E-state index >= 15 is 0 Å². The fourth-order valence-corrected chi connectivity index (χ4v) is 1.93. The van der Waals surface area contributed by atoms with Gasteiger partial charge in [-0.1, -0.05) is 0 Å². The fourth-order valence-electron chi connectivity index (χ4n) is 1.93. The van der Waals surface area contributed by atoms with E-state index in [-0.39, 0.29) is 11.7 Å². The van der Waals surface area contributed by atoms with E-state index in [1.165, 1.54) is 0 Å². The summed E-state index contributed by atoms with van der Waals surface area (Å²) in [6.45, 7) is 0. The van der Waals surface area contributed by atoms with Gasteiger partial charge in [0.05, 0.1) is 0 Å². The second-order valence-corrected chi connectivity index (χ2v) is 3.14. The summed E-state index contributed by atoms with van der Waals surface area (Å²) in [5, 5.41) is 8.66. The van der Waals surface area contributed by atoms with Crippen LogP contribution >= 0.6 is 0 Å². The van der Waals surface area contributed by atoms with Crippen LogP contribution in [0.4, 0.5) is 0 Å². The maximum absolute atomic E-state index is 11.0. The van der Waals surface area contributed by atoms with Crippen LogP contribution in [0.1, 0.15) is 19.3 Å². The van der Waals surface area contributed by atoms with Crippen LogP contribution in [-0.2, 0) is 9.59 Å². The predicted molar refractivity (Wildman–Crippen MR) is 32.4 cm³/mol. The second kappa shape index (κ2) is 1.41. The quantitative estimate of drug-likeness (QED) is 0.537. The summed E-state index contributed by atoms with van der Waals surface area (Å²) in [6, 6.07) is 0. The van der Waals surface area contributed by atoms with Crippen molar-refractivity contribution in [2.45, 2.75) is 19.3 Å². The van der Waals surface area contributed by atoms with Gasteiger partial charge in [0.15, 0.2) is 0 Å². The molecule has 0 heterocycles. The number of hydrogen-bond acceptors (Lipinski definition) is 2. The third-order valence-corrected chi connectivity index (χ3v) is 2.70. The molecule has 2 rings (SSSR count). The summed E-state index contributed by atoms with van der Waals surface area (Å²) in [4.78, 5) is 21.6. The Labute approximate surface area is 58.0 Å². The van der Waals surface area contributed by atoms with Crippen LogP contribution in [0.3, 0.4) is 0 Å². The van der Waals surface area contributed by atoms with Gasteiger partial charge in [0.2, 0.25) is 0 Å². The van der Waals surface area contributed by atoms with Crippen LogP contribution in [0.5, 0.6) is 0 Å². The van der Waals surface area contributed by atoms with Gasteiger partial charge >= 0.3 is 5.97 Å². The molecule has 0 spiro atoms. The summed E-state index contributed by atoms with van der Waals surface area (Å²) in [7, 11) is 0. The van der Waals surface area contributed by atoms with Gasteiger partial charge in [-0.25, -0.2) is 0 Å². The van der Waals surface area contributed by atoms with E-state index in [2.05, 4.69) is 0 Å². The highest BCUT2D eigenvalue weighted by Gasteiger charge is 2.68. The minimum absolute atomic E-state index is 0.0509. The molecule has 0 aromatic rings. The Hall–Kier alpha value is -0.860. The van der Waals surface area contributed by atoms with Crippen molar-refractivity contribution in [1.29, 1.82) is 0 Å². The Kier molecular flexibility index (Phi) is 0.832. The summed E-state index contributed by atoms with van der Waals surface area (Å²) < 4.78 is 0. The van der Waals surface area contributed by atoms with Crippen molar-refractivity contribution in [1.82, 2.24) is 0 Å². The van der Waals surface area contributed by atoms with Crippen molar-refractivity contribution in [3.63, 3.8) is 0 Å². The zero-order valence-electron chi connectivity index (χ0n) is 5.46. The molecule has 0 aromatic heterocycles. The van der Waals surface area contributed by atoms with Gasteiger partial charge in [-0.2, -0.15) is 0 Å². The van der Waals surface area contributed by atoms with E-state index in [1.807, 2.05) is 0 Å². The van der Waals surface area contributed by atoms with E-state index in [4.69, 9.17) is 5.11 Å². The van der Waals surface area contributed by atoms with Gasteiger partial charge in [0.1, 0.15) is 11.2 Å². The molecular weight excluding hydrogens is 132 g/mol. The molecule has 0 aliphatic heterocycles. The van der Waals surface area contributed by atoms with E-state index < -0.39 is 11.4 Å². The summed E-state index contributed by atoms with van der Waals surface area (Å²) in [5.41, 5.74) is -0.903. The highest BCUT2D eigenvalue weighted by molar-refractivity contribution is 6.08. The highest BCUT2D eigenvalue weighted by Crippen LogP contribution is 2.61. The molecule has 2 fully saturated rings. The fraction of sp³-hybridized carbons (Fsp3) is 0.714. The standard InChI is InChI=1S/C7H8O3/c8-5-2-1-4-3-7(4,5)6(9)10/h4H,1-3H2,(H,9,10)/t4-,7-/m0/s1. The third-order valence-electron chi connectivity index (χ3n) is 2.70. The van der Waals surface area contributed by atoms with Crippen LogP contribution in [0.2, 0.25) is 0 Å². The average Bonchev–Trinajstić information content (AvgIpc) is 2.52. The van der Waals surface area contributed by atoms with Crippen molar-refractivity contribution in [2.24, 2.45) is 11.3 Å². The monoisotopic (exact) mass is 140 g/mol. The normalized spacial score (nSPS) is 43.2. The van der Waals surface area contributed by atoms with E-state index in [1.54, 1.807) is 0 Å². The number of fused-ring (bicyclic) bond motifs is 1. The molecule has 10 heavy (non-hydrogen) atoms. The van der Waals surface area contributed by atoms with Crippen molar-refractivity contribution in [3.8, 4) is 0 Å². The maximum Gasteiger partial charge on any atom is 0.317 e. The number of aliphatic carboxylic acids is 1. The Balaban J connectivity index is 2.33. The molecule has 2 aliphatic rings. The number of ketones is 1. The smallest absolute Gasteiger partial charge is 0.317 e. The summed E-state index contributed by atoms with van der Waals surface area (Å²) in [5.74, 6) is -0.775. The van der Waals surface area contributed by atoms with Crippen LogP contribution in [0, 0.1) is 11.3 Å². The topological polar surface area (TPSA) is 54.4 Å². The number of rotatable bonds is 1. The predicted octanol–water partition coefficient (Wildman–Crippen LogP) is 0.440. The molecule has 0 saturated heterocycles. The van der Waals surface area contributed by atoms with Gasteiger partial charge in [-0.15, -0.1) is 0 Å². The highest BCUT2D eigenvalue weighted by atomic mass is 16.4. The second-order valence-electron chi connectivity index (χ2n) is 3.14. The minimum atomic E-state index is -0.903. The number of carbonyl (C=O) groups is 2. The lowest BCUT2D eigenvalue weighted by molar-refractivity contribution is -0.147. The number of carboxylic acids is 1. The first-order chi connectivity index (χ1) is 4.68. The molecule has 0 radical (unpaired) electrons. The molecule has 3 heteroatoms. The Morgan fingerprint density at radius 3 is 2.60 bits per heavy atom. The molecule has 0 bridgehead atoms. The van der Waals surface area contributed by atoms with Gasteiger partial charge < -0.3 is 5.11 Å². The Morgan fingerprint density at radius 1 is 1.70 bits per heavy atom. The first kappa shape index (κ1) is 5.89.